The molecule has 3 heterocycles. The van der Waals surface area contributed by atoms with E-state index < -0.39 is 0 Å². The van der Waals surface area contributed by atoms with Gasteiger partial charge in [0.15, 0.2) is 0 Å². The van der Waals surface area contributed by atoms with Gasteiger partial charge >= 0.3 is 0 Å². The van der Waals surface area contributed by atoms with Crippen molar-refractivity contribution < 1.29 is 9.21 Å². The Bertz CT molecular complexity index is 985. The van der Waals surface area contributed by atoms with Gasteiger partial charge in [-0.05, 0) is 70.1 Å². The Morgan fingerprint density at radius 1 is 1.17 bits per heavy atom. The number of nitrogens with zero attached hydrogens (tertiary/aromatic N) is 3. The Labute approximate surface area is 174 Å². The zero-order valence-corrected chi connectivity index (χ0v) is 17.9. The summed E-state index contributed by atoms with van der Waals surface area (Å²) in [7, 11) is 0. The van der Waals surface area contributed by atoms with E-state index in [9.17, 15) is 4.79 Å². The first-order chi connectivity index (χ1) is 14.0. The van der Waals surface area contributed by atoms with Crippen LogP contribution in [0.4, 0.5) is 0 Å². The second-order valence-corrected chi connectivity index (χ2v) is 8.98. The van der Waals surface area contributed by atoms with Crippen molar-refractivity contribution in [2.45, 2.75) is 52.4 Å². The number of aromatic nitrogens is 3. The molecule has 1 amide bonds. The maximum atomic E-state index is 12.4. The van der Waals surface area contributed by atoms with Crippen LogP contribution in [0.25, 0.3) is 11.5 Å². The molecule has 0 spiro atoms. The maximum absolute atomic E-state index is 12.4. The second kappa shape index (κ2) is 8.45. The summed E-state index contributed by atoms with van der Waals surface area (Å²) in [6.45, 7) is 6.74. The predicted molar refractivity (Wildman–Crippen MR) is 113 cm³/mol. The Hall–Kier alpha value is -2.54. The number of carbonyl (C=O) groups excluding carboxylic acids is 1. The topological polar surface area (TPSA) is 80.9 Å². The van der Waals surface area contributed by atoms with Crippen LogP contribution in [0.5, 0.6) is 0 Å². The van der Waals surface area contributed by atoms with Gasteiger partial charge in [-0.2, -0.15) is 0 Å². The molecule has 0 aliphatic heterocycles. The number of amides is 1. The van der Waals surface area contributed by atoms with Crippen LogP contribution in [0.2, 0.25) is 0 Å². The fraction of sp³-hybridized carbons (Fsp3) is 0.455. The maximum Gasteiger partial charge on any atom is 0.252 e. The average molecular weight is 411 g/mol. The lowest BCUT2D eigenvalue weighted by Crippen LogP contribution is -2.31. The van der Waals surface area contributed by atoms with E-state index in [0.717, 1.165) is 54.6 Å². The summed E-state index contributed by atoms with van der Waals surface area (Å²) in [4.78, 5) is 17.9. The van der Waals surface area contributed by atoms with E-state index in [0.29, 0.717) is 23.6 Å². The van der Waals surface area contributed by atoms with Crippen molar-refractivity contribution in [3.05, 3.63) is 51.3 Å². The fourth-order valence-corrected chi connectivity index (χ4v) is 4.66. The molecule has 3 aromatic heterocycles. The molecule has 0 saturated heterocycles. The van der Waals surface area contributed by atoms with Crippen molar-refractivity contribution in [2.24, 2.45) is 5.92 Å². The second-order valence-electron chi connectivity index (χ2n) is 7.89. The van der Waals surface area contributed by atoms with E-state index in [1.54, 1.807) is 17.5 Å². The summed E-state index contributed by atoms with van der Waals surface area (Å²) in [5, 5.41) is 13.5. The Morgan fingerprint density at radius 3 is 2.62 bits per heavy atom. The molecule has 1 saturated carbocycles. The Kier molecular flexibility index (Phi) is 5.76. The molecule has 0 aromatic carbocycles. The van der Waals surface area contributed by atoms with Crippen LogP contribution in [0.15, 0.2) is 28.1 Å². The van der Waals surface area contributed by atoms with Crippen LogP contribution in [-0.2, 0) is 0 Å². The van der Waals surface area contributed by atoms with Gasteiger partial charge in [-0.25, -0.2) is 0 Å². The van der Waals surface area contributed by atoms with E-state index >= 15 is 0 Å². The number of hydrogen-bond acceptors (Lipinski definition) is 6. The van der Waals surface area contributed by atoms with Crippen molar-refractivity contribution >= 4 is 17.2 Å². The summed E-state index contributed by atoms with van der Waals surface area (Å²) in [5.41, 5.74) is 3.71. The number of nitrogens with one attached hydrogen (secondary N) is 1. The highest BCUT2D eigenvalue weighted by atomic mass is 32.1. The highest BCUT2D eigenvalue weighted by Crippen LogP contribution is 2.36. The number of rotatable bonds is 5. The highest BCUT2D eigenvalue weighted by Gasteiger charge is 2.27. The normalized spacial score (nSPS) is 19.3. The summed E-state index contributed by atoms with van der Waals surface area (Å²) in [6.07, 6.45) is 5.88. The minimum atomic E-state index is 0.0437. The fourth-order valence-electron chi connectivity index (χ4n) is 3.79. The van der Waals surface area contributed by atoms with Crippen molar-refractivity contribution in [1.82, 2.24) is 20.5 Å². The van der Waals surface area contributed by atoms with Crippen molar-refractivity contribution in [3.8, 4) is 11.5 Å². The number of thiophene rings is 1. The van der Waals surface area contributed by atoms with Crippen LogP contribution in [-0.4, -0.2) is 27.6 Å². The number of carbonyl (C=O) groups is 1. The molecule has 1 N–H and O–H groups in total. The van der Waals surface area contributed by atoms with E-state index in [1.807, 2.05) is 31.4 Å². The third kappa shape index (κ3) is 4.40. The molecule has 0 unspecified atom stereocenters. The van der Waals surface area contributed by atoms with E-state index in [2.05, 4.69) is 27.4 Å². The van der Waals surface area contributed by atoms with Crippen molar-refractivity contribution in [1.29, 1.82) is 0 Å². The average Bonchev–Trinajstić information content (AvgIpc) is 3.35. The molecule has 7 heteroatoms. The van der Waals surface area contributed by atoms with Gasteiger partial charge in [0, 0.05) is 34.6 Å². The molecule has 1 aliphatic rings. The van der Waals surface area contributed by atoms with E-state index in [1.165, 1.54) is 4.88 Å². The first-order valence-corrected chi connectivity index (χ1v) is 11.0. The number of hydrogen-bond donors (Lipinski definition) is 1. The first kappa shape index (κ1) is 19.8. The molecular formula is C22H26N4O2S. The van der Waals surface area contributed by atoms with Gasteiger partial charge in [0.2, 0.25) is 11.8 Å². The molecule has 0 bridgehead atoms. The van der Waals surface area contributed by atoms with Gasteiger partial charge in [0.1, 0.15) is 0 Å². The summed E-state index contributed by atoms with van der Waals surface area (Å²) in [5.74, 6) is 2.08. The SMILES string of the molecule is Cc1ccc(-c2nnc(C3CCC(CNC(=O)c4csc(C)c4C)CC3)o2)cn1. The molecule has 0 radical (unpaired) electrons. The third-order valence-corrected chi connectivity index (χ3v) is 6.89. The van der Waals surface area contributed by atoms with Gasteiger partial charge < -0.3 is 9.73 Å². The van der Waals surface area contributed by atoms with E-state index in [-0.39, 0.29) is 5.91 Å². The summed E-state index contributed by atoms with van der Waals surface area (Å²) in [6, 6.07) is 3.90. The zero-order valence-electron chi connectivity index (χ0n) is 17.1. The molecule has 3 aromatic rings. The van der Waals surface area contributed by atoms with Gasteiger partial charge in [0.05, 0.1) is 11.1 Å². The van der Waals surface area contributed by atoms with Gasteiger partial charge in [-0.1, -0.05) is 0 Å². The van der Waals surface area contributed by atoms with Crippen LogP contribution >= 0.6 is 11.3 Å². The Balaban J connectivity index is 1.29. The van der Waals surface area contributed by atoms with Crippen molar-refractivity contribution in [3.63, 3.8) is 0 Å². The molecule has 29 heavy (non-hydrogen) atoms. The molecule has 6 nitrogen and oxygen atoms in total. The van der Waals surface area contributed by atoms with E-state index in [4.69, 9.17) is 4.42 Å². The van der Waals surface area contributed by atoms with Crippen LogP contribution in [0, 0.1) is 26.7 Å². The highest BCUT2D eigenvalue weighted by molar-refractivity contribution is 7.10. The molecular weight excluding hydrogens is 384 g/mol. The molecule has 1 aliphatic carbocycles. The van der Waals surface area contributed by atoms with Gasteiger partial charge in [-0.3, -0.25) is 9.78 Å². The standard InChI is InChI=1S/C22H26N4O2S/c1-13-4-7-18(11-23-13)22-26-25-21(28-22)17-8-5-16(6-9-17)10-24-20(27)19-12-29-15(3)14(19)2/h4,7,11-12,16-17H,5-6,8-10H2,1-3H3,(H,24,27). The van der Waals surface area contributed by atoms with Crippen LogP contribution in [0.1, 0.15) is 64.0 Å². The molecule has 0 atom stereocenters. The quantitative estimate of drug-likeness (QED) is 0.652. The van der Waals surface area contributed by atoms with Crippen LogP contribution in [0.3, 0.4) is 0 Å². The number of aryl methyl sites for hydroxylation is 2. The van der Waals surface area contributed by atoms with Gasteiger partial charge in [0.25, 0.3) is 5.91 Å². The largest absolute Gasteiger partial charge is 0.420 e. The Morgan fingerprint density at radius 2 is 1.97 bits per heavy atom. The number of pyridine rings is 1. The summed E-state index contributed by atoms with van der Waals surface area (Å²) < 4.78 is 5.93. The minimum absolute atomic E-state index is 0.0437. The summed E-state index contributed by atoms with van der Waals surface area (Å²) >= 11 is 1.63. The lowest BCUT2D eigenvalue weighted by molar-refractivity contribution is 0.0942. The lowest BCUT2D eigenvalue weighted by atomic mass is 9.82. The molecule has 152 valence electrons. The monoisotopic (exact) mass is 410 g/mol. The van der Waals surface area contributed by atoms with Gasteiger partial charge in [-0.15, -0.1) is 21.5 Å². The zero-order chi connectivity index (χ0) is 20.4. The van der Waals surface area contributed by atoms with Crippen molar-refractivity contribution in [2.75, 3.05) is 6.54 Å². The lowest BCUT2D eigenvalue weighted by Gasteiger charge is -2.26. The minimum Gasteiger partial charge on any atom is -0.420 e. The molecule has 4 rings (SSSR count). The smallest absolute Gasteiger partial charge is 0.252 e. The van der Waals surface area contributed by atoms with Crippen LogP contribution < -0.4 is 5.32 Å². The first-order valence-electron chi connectivity index (χ1n) is 10.1. The predicted octanol–water partition coefficient (Wildman–Crippen LogP) is 4.82. The third-order valence-electron chi connectivity index (χ3n) is 5.88. The molecule has 1 fully saturated rings.